The van der Waals surface area contributed by atoms with E-state index in [9.17, 15) is 4.79 Å². The van der Waals surface area contributed by atoms with Crippen LogP contribution in [0.5, 0.6) is 17.2 Å². The molecule has 0 saturated heterocycles. The van der Waals surface area contributed by atoms with Gasteiger partial charge in [0.15, 0.2) is 0 Å². The normalized spacial score (nSPS) is 10.2. The number of rotatable bonds is 8. The van der Waals surface area contributed by atoms with Gasteiger partial charge in [0.1, 0.15) is 17.2 Å². The van der Waals surface area contributed by atoms with Crippen LogP contribution < -0.4 is 24.8 Å². The van der Waals surface area contributed by atoms with Gasteiger partial charge in [-0.25, -0.2) is 0 Å². The van der Waals surface area contributed by atoms with Gasteiger partial charge in [-0.3, -0.25) is 4.79 Å². The highest BCUT2D eigenvalue weighted by atomic mass is 35.5. The summed E-state index contributed by atoms with van der Waals surface area (Å²) in [4.78, 5) is 12.2. The van der Waals surface area contributed by atoms with Crippen molar-refractivity contribution in [3.63, 3.8) is 0 Å². The Labute approximate surface area is 158 Å². The fourth-order valence-corrected chi connectivity index (χ4v) is 2.67. The third-order valence-corrected chi connectivity index (χ3v) is 4.07. The number of aryl methyl sites for hydroxylation is 1. The molecule has 0 saturated carbocycles. The molecule has 0 fully saturated rings. The number of anilines is 2. The molecule has 2 N–H and O–H groups in total. The predicted octanol–water partition coefficient (Wildman–Crippen LogP) is 4.11. The molecule has 140 valence electrons. The third kappa shape index (κ3) is 4.95. The molecule has 0 aliphatic carbocycles. The van der Waals surface area contributed by atoms with Gasteiger partial charge in [0.25, 0.3) is 0 Å². The molecule has 0 radical (unpaired) electrons. The first-order chi connectivity index (χ1) is 12.5. The Morgan fingerprint density at radius 2 is 1.65 bits per heavy atom. The van der Waals surface area contributed by atoms with Crippen molar-refractivity contribution in [2.75, 3.05) is 38.5 Å². The van der Waals surface area contributed by atoms with Gasteiger partial charge in [0.2, 0.25) is 5.91 Å². The van der Waals surface area contributed by atoms with Crippen LogP contribution in [0.25, 0.3) is 0 Å². The average Bonchev–Trinajstić information content (AvgIpc) is 2.62. The zero-order chi connectivity index (χ0) is 19.1. The lowest BCUT2D eigenvalue weighted by molar-refractivity contribution is -0.116. The summed E-state index contributed by atoms with van der Waals surface area (Å²) in [6.07, 6.45) is 0.269. The van der Waals surface area contributed by atoms with Gasteiger partial charge >= 0.3 is 0 Å². The fraction of sp³-hybridized carbons (Fsp3) is 0.316. The Hall–Kier alpha value is -2.60. The van der Waals surface area contributed by atoms with Crippen molar-refractivity contribution in [2.24, 2.45) is 0 Å². The second-order valence-corrected chi connectivity index (χ2v) is 6.02. The van der Waals surface area contributed by atoms with Gasteiger partial charge in [-0.05, 0) is 24.6 Å². The quantitative estimate of drug-likeness (QED) is 0.723. The van der Waals surface area contributed by atoms with Crippen molar-refractivity contribution >= 4 is 28.9 Å². The molecule has 0 bridgehead atoms. The lowest BCUT2D eigenvalue weighted by Gasteiger charge is -2.14. The van der Waals surface area contributed by atoms with Crippen LogP contribution in [-0.4, -0.2) is 33.8 Å². The van der Waals surface area contributed by atoms with E-state index in [2.05, 4.69) is 10.6 Å². The Morgan fingerprint density at radius 3 is 2.31 bits per heavy atom. The molecule has 0 unspecified atom stereocenters. The van der Waals surface area contributed by atoms with Crippen LogP contribution in [0.1, 0.15) is 12.0 Å². The van der Waals surface area contributed by atoms with E-state index in [4.69, 9.17) is 25.8 Å². The van der Waals surface area contributed by atoms with Gasteiger partial charge in [-0.1, -0.05) is 17.7 Å². The van der Waals surface area contributed by atoms with E-state index in [-0.39, 0.29) is 12.3 Å². The van der Waals surface area contributed by atoms with Gasteiger partial charge < -0.3 is 24.8 Å². The molecule has 6 nitrogen and oxygen atoms in total. The van der Waals surface area contributed by atoms with E-state index in [1.165, 1.54) is 0 Å². The standard InChI is InChI=1S/C19H23ClN2O4/c1-12-5-6-16(24-2)15(9-12)22-19(23)7-8-21-14-11-17(25-3)13(20)10-18(14)26-4/h5-6,9-11,21H,7-8H2,1-4H3,(H,22,23). The zero-order valence-electron chi connectivity index (χ0n) is 15.3. The van der Waals surface area contributed by atoms with Crippen LogP contribution in [-0.2, 0) is 4.79 Å². The lowest BCUT2D eigenvalue weighted by atomic mass is 10.2. The molecule has 0 aliphatic rings. The average molecular weight is 379 g/mol. The number of carbonyl (C=O) groups is 1. The Bertz CT molecular complexity index is 780. The maximum atomic E-state index is 12.2. The first kappa shape index (κ1) is 19.7. The van der Waals surface area contributed by atoms with Crippen LogP contribution in [0, 0.1) is 6.92 Å². The third-order valence-electron chi connectivity index (χ3n) is 3.77. The van der Waals surface area contributed by atoms with Crippen molar-refractivity contribution in [1.29, 1.82) is 0 Å². The lowest BCUT2D eigenvalue weighted by Crippen LogP contribution is -2.17. The summed E-state index contributed by atoms with van der Waals surface area (Å²) in [7, 11) is 4.67. The Morgan fingerprint density at radius 1 is 0.962 bits per heavy atom. The highest BCUT2D eigenvalue weighted by Gasteiger charge is 2.11. The number of methoxy groups -OCH3 is 3. The predicted molar refractivity (Wildman–Crippen MR) is 104 cm³/mol. The number of hydrogen-bond donors (Lipinski definition) is 2. The molecule has 1 amide bonds. The number of carbonyl (C=O) groups excluding carboxylic acids is 1. The topological polar surface area (TPSA) is 68.8 Å². The molecule has 0 heterocycles. The maximum absolute atomic E-state index is 12.2. The van der Waals surface area contributed by atoms with Crippen molar-refractivity contribution < 1.29 is 19.0 Å². The monoisotopic (exact) mass is 378 g/mol. The van der Waals surface area contributed by atoms with E-state index < -0.39 is 0 Å². The number of hydrogen-bond acceptors (Lipinski definition) is 5. The largest absolute Gasteiger partial charge is 0.495 e. The zero-order valence-corrected chi connectivity index (χ0v) is 16.1. The Balaban J connectivity index is 1.98. The van der Waals surface area contributed by atoms with E-state index in [1.54, 1.807) is 33.5 Å². The fourth-order valence-electron chi connectivity index (χ4n) is 2.44. The summed E-state index contributed by atoms with van der Waals surface area (Å²) in [5, 5.41) is 6.49. The van der Waals surface area contributed by atoms with Crippen molar-refractivity contribution in [2.45, 2.75) is 13.3 Å². The summed E-state index contributed by atoms with van der Waals surface area (Å²) < 4.78 is 15.8. The maximum Gasteiger partial charge on any atom is 0.226 e. The van der Waals surface area contributed by atoms with E-state index in [0.717, 1.165) is 5.56 Å². The van der Waals surface area contributed by atoms with Crippen molar-refractivity contribution in [3.05, 3.63) is 40.9 Å². The van der Waals surface area contributed by atoms with Crippen molar-refractivity contribution in [3.8, 4) is 17.2 Å². The van der Waals surface area contributed by atoms with Crippen LogP contribution >= 0.6 is 11.6 Å². The van der Waals surface area contributed by atoms with Crippen LogP contribution in [0.4, 0.5) is 11.4 Å². The van der Waals surface area contributed by atoms with Gasteiger partial charge in [-0.15, -0.1) is 0 Å². The number of benzene rings is 2. The van der Waals surface area contributed by atoms with Crippen molar-refractivity contribution in [1.82, 2.24) is 0 Å². The van der Waals surface area contributed by atoms with Gasteiger partial charge in [0, 0.05) is 25.1 Å². The molecule has 0 aliphatic heterocycles. The molecular weight excluding hydrogens is 356 g/mol. The van der Waals surface area contributed by atoms with E-state index in [1.807, 2.05) is 25.1 Å². The molecule has 7 heteroatoms. The minimum absolute atomic E-state index is 0.124. The summed E-state index contributed by atoms with van der Waals surface area (Å²) in [6.45, 7) is 2.37. The number of amides is 1. The first-order valence-electron chi connectivity index (χ1n) is 8.08. The van der Waals surface area contributed by atoms with Crippen LogP contribution in [0.2, 0.25) is 5.02 Å². The summed E-state index contributed by atoms with van der Waals surface area (Å²) in [5.74, 6) is 1.61. The molecule has 0 atom stereocenters. The molecule has 2 aromatic rings. The molecule has 0 spiro atoms. The minimum Gasteiger partial charge on any atom is -0.495 e. The SMILES string of the molecule is COc1cc(NCCC(=O)Nc2cc(C)ccc2OC)c(OC)cc1Cl. The van der Waals surface area contributed by atoms with Gasteiger partial charge in [0.05, 0.1) is 37.7 Å². The highest BCUT2D eigenvalue weighted by molar-refractivity contribution is 6.32. The number of halogens is 1. The number of ether oxygens (including phenoxy) is 3. The second kappa shape index (κ2) is 9.20. The molecule has 0 aromatic heterocycles. The molecule has 26 heavy (non-hydrogen) atoms. The van der Waals surface area contributed by atoms with E-state index in [0.29, 0.717) is 40.2 Å². The van der Waals surface area contributed by atoms with E-state index >= 15 is 0 Å². The summed E-state index contributed by atoms with van der Waals surface area (Å²) in [6, 6.07) is 9.03. The summed E-state index contributed by atoms with van der Waals surface area (Å²) in [5.41, 5.74) is 2.40. The first-order valence-corrected chi connectivity index (χ1v) is 8.46. The second-order valence-electron chi connectivity index (χ2n) is 5.62. The highest BCUT2D eigenvalue weighted by Crippen LogP contribution is 2.35. The smallest absolute Gasteiger partial charge is 0.226 e. The Kier molecular flexibility index (Phi) is 6.97. The van der Waals surface area contributed by atoms with Crippen LogP contribution in [0.15, 0.2) is 30.3 Å². The molecular formula is C19H23ClN2O4. The van der Waals surface area contributed by atoms with Crippen LogP contribution in [0.3, 0.4) is 0 Å². The summed E-state index contributed by atoms with van der Waals surface area (Å²) >= 11 is 6.09. The number of nitrogens with one attached hydrogen (secondary N) is 2. The minimum atomic E-state index is -0.124. The molecule has 2 aromatic carbocycles. The molecule has 2 rings (SSSR count). The van der Waals surface area contributed by atoms with Gasteiger partial charge in [-0.2, -0.15) is 0 Å².